The molecule has 1 atom stereocenters. The molecule has 0 bridgehead atoms. The van der Waals surface area contributed by atoms with Crippen LogP contribution in [-0.4, -0.2) is 23.9 Å². The summed E-state index contributed by atoms with van der Waals surface area (Å²) in [4.78, 5) is 14.4. The molecule has 2 rings (SSSR count). The number of carbonyl (C=O) groups is 1. The number of nitrogens with zero attached hydrogens (tertiary/aromatic N) is 2. The van der Waals surface area contributed by atoms with Crippen molar-refractivity contribution >= 4 is 5.91 Å². The second-order valence-corrected chi connectivity index (χ2v) is 5.75. The number of carbonyl (C=O) groups excluding carboxylic acids is 1. The van der Waals surface area contributed by atoms with Gasteiger partial charge in [-0.15, -0.1) is 0 Å². The minimum atomic E-state index is -0.712. The molecular weight excluding hydrogens is 212 g/mol. The summed E-state index contributed by atoms with van der Waals surface area (Å²) in [6.45, 7) is 2.11. The summed E-state index contributed by atoms with van der Waals surface area (Å²) < 4.78 is 0. The van der Waals surface area contributed by atoms with Gasteiger partial charge in [0.1, 0.15) is 5.41 Å². The highest BCUT2D eigenvalue weighted by molar-refractivity contribution is 5.85. The number of rotatable bonds is 3. The minimum Gasteiger partial charge on any atom is -0.341 e. The number of hydrogen-bond donors (Lipinski definition) is 0. The Morgan fingerprint density at radius 1 is 1.35 bits per heavy atom. The molecule has 17 heavy (non-hydrogen) atoms. The second kappa shape index (κ2) is 4.68. The number of hydrogen-bond acceptors (Lipinski definition) is 2. The average molecular weight is 234 g/mol. The van der Waals surface area contributed by atoms with Gasteiger partial charge in [0.05, 0.1) is 6.07 Å². The zero-order valence-corrected chi connectivity index (χ0v) is 10.9. The molecule has 0 spiro atoms. The van der Waals surface area contributed by atoms with E-state index in [1.807, 2.05) is 11.9 Å². The summed E-state index contributed by atoms with van der Waals surface area (Å²) in [6, 6.07) is 2.62. The highest BCUT2D eigenvalue weighted by Gasteiger charge is 2.44. The summed E-state index contributed by atoms with van der Waals surface area (Å²) in [5, 5.41) is 9.40. The van der Waals surface area contributed by atoms with Crippen LogP contribution in [0.15, 0.2) is 0 Å². The van der Waals surface area contributed by atoms with Crippen molar-refractivity contribution in [1.29, 1.82) is 5.26 Å². The van der Waals surface area contributed by atoms with E-state index in [1.54, 1.807) is 0 Å². The van der Waals surface area contributed by atoms with Gasteiger partial charge in [-0.1, -0.05) is 19.3 Å². The van der Waals surface area contributed by atoms with Crippen LogP contribution in [0.2, 0.25) is 0 Å². The molecule has 2 fully saturated rings. The molecule has 0 heterocycles. The normalized spacial score (nSPS) is 24.8. The van der Waals surface area contributed by atoms with Gasteiger partial charge in [-0.05, 0) is 38.5 Å². The molecule has 94 valence electrons. The van der Waals surface area contributed by atoms with E-state index in [0.717, 1.165) is 25.7 Å². The Labute approximate surface area is 104 Å². The first kappa shape index (κ1) is 12.4. The highest BCUT2D eigenvalue weighted by atomic mass is 16.2. The summed E-state index contributed by atoms with van der Waals surface area (Å²) in [5.41, 5.74) is -0.712. The van der Waals surface area contributed by atoms with Gasteiger partial charge < -0.3 is 4.90 Å². The molecule has 1 amide bonds. The Bertz CT molecular complexity index is 335. The van der Waals surface area contributed by atoms with Gasteiger partial charge in [-0.2, -0.15) is 5.26 Å². The second-order valence-electron chi connectivity index (χ2n) is 5.75. The molecule has 0 radical (unpaired) electrons. The Hall–Kier alpha value is -1.04. The van der Waals surface area contributed by atoms with Gasteiger partial charge in [0.15, 0.2) is 0 Å². The number of nitriles is 1. The van der Waals surface area contributed by atoms with Crippen LogP contribution in [0.5, 0.6) is 0 Å². The van der Waals surface area contributed by atoms with E-state index in [2.05, 4.69) is 13.0 Å². The van der Waals surface area contributed by atoms with E-state index in [-0.39, 0.29) is 5.91 Å². The number of amides is 1. The molecule has 0 aromatic heterocycles. The molecule has 0 N–H and O–H groups in total. The summed E-state index contributed by atoms with van der Waals surface area (Å²) >= 11 is 0. The van der Waals surface area contributed by atoms with E-state index >= 15 is 0 Å². The van der Waals surface area contributed by atoms with Gasteiger partial charge in [0, 0.05) is 13.1 Å². The van der Waals surface area contributed by atoms with Crippen molar-refractivity contribution in [2.75, 3.05) is 7.05 Å². The average Bonchev–Trinajstić information content (AvgIpc) is 3.21. The van der Waals surface area contributed by atoms with Gasteiger partial charge in [-0.25, -0.2) is 0 Å². The van der Waals surface area contributed by atoms with Gasteiger partial charge in [0.2, 0.25) is 5.91 Å². The third-order valence-corrected chi connectivity index (χ3v) is 4.57. The fourth-order valence-corrected chi connectivity index (χ4v) is 2.95. The van der Waals surface area contributed by atoms with Crippen LogP contribution >= 0.6 is 0 Å². The van der Waals surface area contributed by atoms with Crippen LogP contribution in [0, 0.1) is 22.7 Å². The van der Waals surface area contributed by atoms with Crippen molar-refractivity contribution < 1.29 is 4.79 Å². The lowest BCUT2D eigenvalue weighted by molar-refractivity contribution is -0.141. The van der Waals surface area contributed by atoms with E-state index < -0.39 is 5.41 Å². The van der Waals surface area contributed by atoms with Gasteiger partial charge in [0.25, 0.3) is 0 Å². The minimum absolute atomic E-state index is 0.0686. The predicted molar refractivity (Wildman–Crippen MR) is 66.1 cm³/mol. The monoisotopic (exact) mass is 234 g/mol. The van der Waals surface area contributed by atoms with Crippen molar-refractivity contribution in [3.63, 3.8) is 0 Å². The first-order chi connectivity index (χ1) is 8.10. The van der Waals surface area contributed by atoms with Crippen LogP contribution in [-0.2, 0) is 4.79 Å². The third-order valence-electron chi connectivity index (χ3n) is 4.57. The fraction of sp³-hybridized carbons (Fsp3) is 0.857. The maximum atomic E-state index is 12.5. The van der Waals surface area contributed by atoms with Crippen molar-refractivity contribution in [3.8, 4) is 6.07 Å². The molecule has 3 heteroatoms. The van der Waals surface area contributed by atoms with E-state index in [0.29, 0.717) is 12.0 Å². The lowest BCUT2D eigenvalue weighted by atomic mass is 9.74. The topological polar surface area (TPSA) is 44.1 Å². The molecule has 3 nitrogen and oxygen atoms in total. The molecule has 0 aliphatic heterocycles. The molecule has 0 aromatic rings. The van der Waals surface area contributed by atoms with Crippen LogP contribution < -0.4 is 0 Å². The molecule has 1 unspecified atom stereocenters. The van der Waals surface area contributed by atoms with Crippen molar-refractivity contribution in [2.45, 2.75) is 57.9 Å². The Morgan fingerprint density at radius 2 is 1.94 bits per heavy atom. The van der Waals surface area contributed by atoms with Crippen molar-refractivity contribution in [3.05, 3.63) is 0 Å². The fourth-order valence-electron chi connectivity index (χ4n) is 2.95. The molecule has 2 aliphatic rings. The maximum Gasteiger partial charge on any atom is 0.243 e. The maximum absolute atomic E-state index is 12.5. The Kier molecular flexibility index (Phi) is 3.42. The predicted octanol–water partition coefficient (Wildman–Crippen LogP) is 2.72. The van der Waals surface area contributed by atoms with Crippen molar-refractivity contribution in [2.24, 2.45) is 11.3 Å². The molecule has 2 aliphatic carbocycles. The zero-order valence-electron chi connectivity index (χ0n) is 10.9. The van der Waals surface area contributed by atoms with E-state index in [9.17, 15) is 10.1 Å². The van der Waals surface area contributed by atoms with Gasteiger partial charge >= 0.3 is 0 Å². The Balaban J connectivity index is 2.08. The van der Waals surface area contributed by atoms with E-state index in [1.165, 1.54) is 19.3 Å². The molecule has 2 saturated carbocycles. The lowest BCUT2D eigenvalue weighted by Crippen LogP contribution is -2.46. The molecule has 0 saturated heterocycles. The Morgan fingerprint density at radius 3 is 2.41 bits per heavy atom. The largest absolute Gasteiger partial charge is 0.341 e. The quantitative estimate of drug-likeness (QED) is 0.753. The smallest absolute Gasteiger partial charge is 0.243 e. The van der Waals surface area contributed by atoms with Crippen LogP contribution in [0.3, 0.4) is 0 Å². The third kappa shape index (κ3) is 2.31. The molecule has 0 aromatic carbocycles. The SMILES string of the molecule is CC(C1CC1)N(C)C(=O)C1(C#N)CCCCC1. The van der Waals surface area contributed by atoms with Crippen LogP contribution in [0.1, 0.15) is 51.9 Å². The van der Waals surface area contributed by atoms with Crippen LogP contribution in [0.25, 0.3) is 0 Å². The van der Waals surface area contributed by atoms with E-state index in [4.69, 9.17) is 0 Å². The first-order valence-corrected chi connectivity index (χ1v) is 6.79. The highest BCUT2D eigenvalue weighted by Crippen LogP contribution is 2.40. The summed E-state index contributed by atoms with van der Waals surface area (Å²) in [5.74, 6) is 0.738. The van der Waals surface area contributed by atoms with Crippen molar-refractivity contribution in [1.82, 2.24) is 4.90 Å². The van der Waals surface area contributed by atoms with Crippen LogP contribution in [0.4, 0.5) is 0 Å². The van der Waals surface area contributed by atoms with Gasteiger partial charge in [-0.3, -0.25) is 4.79 Å². The first-order valence-electron chi connectivity index (χ1n) is 6.79. The molecular formula is C14H22N2O. The summed E-state index contributed by atoms with van der Waals surface area (Å²) in [7, 11) is 1.87. The zero-order chi connectivity index (χ0) is 12.5. The lowest BCUT2D eigenvalue weighted by Gasteiger charge is -2.35. The standard InChI is InChI=1S/C14H22N2O/c1-11(12-6-7-12)16(2)13(17)14(10-15)8-4-3-5-9-14/h11-12H,3-9H2,1-2H3. The summed E-state index contributed by atoms with van der Waals surface area (Å²) in [6.07, 6.45) is 7.18.